The maximum absolute atomic E-state index is 11.9. The Morgan fingerprint density at radius 2 is 2.20 bits per heavy atom. The van der Waals surface area contributed by atoms with Gasteiger partial charge in [-0.15, -0.1) is 0 Å². The van der Waals surface area contributed by atoms with Gasteiger partial charge in [0.15, 0.2) is 0 Å². The standard InChI is InChI=1S/C12H12BrN3O4/c1-2-15-11(17)6-9(12(15)18)14-7-3-4-8(13)10(5-7)16(19)20/h3-5,9,14H,2,6H2,1H3. The first kappa shape index (κ1) is 14.4. The highest BCUT2D eigenvalue weighted by atomic mass is 79.9. The number of carbonyl (C=O) groups excluding carboxylic acids is 2. The fourth-order valence-corrected chi connectivity index (χ4v) is 2.46. The van der Waals surface area contributed by atoms with Crippen molar-refractivity contribution in [2.75, 3.05) is 11.9 Å². The number of halogens is 1. The lowest BCUT2D eigenvalue weighted by Crippen LogP contribution is -2.34. The van der Waals surface area contributed by atoms with Crippen molar-refractivity contribution in [2.45, 2.75) is 19.4 Å². The van der Waals surface area contributed by atoms with E-state index in [4.69, 9.17) is 0 Å². The lowest BCUT2D eigenvalue weighted by atomic mass is 10.2. The van der Waals surface area contributed by atoms with Gasteiger partial charge in [0.2, 0.25) is 5.91 Å². The molecule has 1 aliphatic heterocycles. The second-order valence-corrected chi connectivity index (χ2v) is 5.15. The first-order chi connectivity index (χ1) is 9.43. The number of hydrogen-bond donors (Lipinski definition) is 1. The number of anilines is 1. The molecular weight excluding hydrogens is 330 g/mol. The molecule has 1 unspecified atom stereocenters. The summed E-state index contributed by atoms with van der Waals surface area (Å²) in [4.78, 5) is 35.0. The Kier molecular flexibility index (Phi) is 4.03. The Bertz CT molecular complexity index is 590. The minimum Gasteiger partial charge on any atom is -0.373 e. The number of carbonyl (C=O) groups is 2. The number of hydrogen-bond acceptors (Lipinski definition) is 5. The summed E-state index contributed by atoms with van der Waals surface area (Å²) in [6.45, 7) is 2.05. The Morgan fingerprint density at radius 1 is 1.50 bits per heavy atom. The summed E-state index contributed by atoms with van der Waals surface area (Å²) in [5.41, 5.74) is 0.336. The summed E-state index contributed by atoms with van der Waals surface area (Å²) in [6.07, 6.45) is 0.0660. The van der Waals surface area contributed by atoms with Gasteiger partial charge in [0.1, 0.15) is 6.04 Å². The number of likely N-dealkylation sites (N-methyl/N-ethyl adjacent to an activating group) is 1. The number of imide groups is 1. The molecule has 7 nitrogen and oxygen atoms in total. The predicted molar refractivity (Wildman–Crippen MR) is 75.2 cm³/mol. The summed E-state index contributed by atoms with van der Waals surface area (Å²) in [5.74, 6) is -0.537. The van der Waals surface area contributed by atoms with Crippen LogP contribution in [0, 0.1) is 10.1 Å². The number of benzene rings is 1. The Labute approximate surface area is 123 Å². The van der Waals surface area contributed by atoms with Crippen LogP contribution in [0.2, 0.25) is 0 Å². The summed E-state index contributed by atoms with van der Waals surface area (Å²) < 4.78 is 0.358. The third-order valence-electron chi connectivity index (χ3n) is 3.04. The van der Waals surface area contributed by atoms with E-state index in [0.29, 0.717) is 16.7 Å². The van der Waals surface area contributed by atoms with Gasteiger partial charge in [0.25, 0.3) is 11.6 Å². The zero-order valence-electron chi connectivity index (χ0n) is 10.6. The van der Waals surface area contributed by atoms with Crippen molar-refractivity contribution >= 4 is 39.1 Å². The Balaban J connectivity index is 2.19. The van der Waals surface area contributed by atoms with Gasteiger partial charge in [-0.3, -0.25) is 24.6 Å². The fourth-order valence-electron chi connectivity index (χ4n) is 2.07. The van der Waals surface area contributed by atoms with Gasteiger partial charge in [-0.2, -0.15) is 0 Å². The number of rotatable bonds is 4. The van der Waals surface area contributed by atoms with E-state index in [0.717, 1.165) is 0 Å². The normalized spacial score (nSPS) is 18.5. The molecule has 20 heavy (non-hydrogen) atoms. The lowest BCUT2D eigenvalue weighted by Gasteiger charge is -2.14. The van der Waals surface area contributed by atoms with E-state index < -0.39 is 11.0 Å². The zero-order valence-corrected chi connectivity index (χ0v) is 12.2. The maximum atomic E-state index is 11.9. The van der Waals surface area contributed by atoms with E-state index in [1.807, 2.05) is 0 Å². The van der Waals surface area contributed by atoms with Crippen molar-refractivity contribution in [3.05, 3.63) is 32.8 Å². The largest absolute Gasteiger partial charge is 0.373 e. The molecule has 8 heteroatoms. The molecule has 0 aliphatic carbocycles. The van der Waals surface area contributed by atoms with Crippen LogP contribution in [-0.2, 0) is 9.59 Å². The molecule has 1 aliphatic rings. The Hall–Kier alpha value is -1.96. The smallest absolute Gasteiger partial charge is 0.285 e. The van der Waals surface area contributed by atoms with E-state index in [-0.39, 0.29) is 23.9 Å². The second-order valence-electron chi connectivity index (χ2n) is 4.30. The van der Waals surface area contributed by atoms with Gasteiger partial charge >= 0.3 is 0 Å². The van der Waals surface area contributed by atoms with Crippen molar-refractivity contribution < 1.29 is 14.5 Å². The first-order valence-corrected chi connectivity index (χ1v) is 6.78. The molecule has 2 amide bonds. The molecular formula is C12H12BrN3O4. The highest BCUT2D eigenvalue weighted by Crippen LogP contribution is 2.29. The molecule has 1 saturated heterocycles. The molecule has 1 N–H and O–H groups in total. The lowest BCUT2D eigenvalue weighted by molar-refractivity contribution is -0.385. The molecule has 106 valence electrons. The van der Waals surface area contributed by atoms with Crippen LogP contribution in [0.4, 0.5) is 11.4 Å². The van der Waals surface area contributed by atoms with E-state index >= 15 is 0 Å². The van der Waals surface area contributed by atoms with Crippen LogP contribution in [0.15, 0.2) is 22.7 Å². The average molecular weight is 342 g/mol. The van der Waals surface area contributed by atoms with E-state index in [1.54, 1.807) is 13.0 Å². The molecule has 1 atom stereocenters. The monoisotopic (exact) mass is 341 g/mol. The number of nitrogens with one attached hydrogen (secondary N) is 1. The highest BCUT2D eigenvalue weighted by Gasteiger charge is 2.37. The van der Waals surface area contributed by atoms with E-state index in [2.05, 4.69) is 21.2 Å². The van der Waals surface area contributed by atoms with Crippen LogP contribution in [0.25, 0.3) is 0 Å². The summed E-state index contributed by atoms with van der Waals surface area (Å²) >= 11 is 3.09. The van der Waals surface area contributed by atoms with Crippen molar-refractivity contribution in [1.82, 2.24) is 4.90 Å². The SMILES string of the molecule is CCN1C(=O)CC(Nc2ccc(Br)c([N+](=O)[O-])c2)C1=O. The Morgan fingerprint density at radius 3 is 2.75 bits per heavy atom. The van der Waals surface area contributed by atoms with Gasteiger partial charge in [-0.1, -0.05) is 0 Å². The molecule has 1 fully saturated rings. The van der Waals surface area contributed by atoms with Crippen LogP contribution in [0.5, 0.6) is 0 Å². The third kappa shape index (κ3) is 2.64. The fraction of sp³-hybridized carbons (Fsp3) is 0.333. The van der Waals surface area contributed by atoms with Gasteiger partial charge in [-0.25, -0.2) is 0 Å². The number of nitro groups is 1. The van der Waals surface area contributed by atoms with Crippen LogP contribution >= 0.6 is 15.9 Å². The maximum Gasteiger partial charge on any atom is 0.285 e. The molecule has 1 aromatic rings. The van der Waals surface area contributed by atoms with Gasteiger partial charge in [0, 0.05) is 18.3 Å². The summed E-state index contributed by atoms with van der Waals surface area (Å²) in [5, 5.41) is 13.7. The number of likely N-dealkylation sites (tertiary alicyclic amines) is 1. The third-order valence-corrected chi connectivity index (χ3v) is 3.71. The summed E-state index contributed by atoms with van der Waals surface area (Å²) in [6, 6.07) is 3.81. The van der Waals surface area contributed by atoms with E-state index in [9.17, 15) is 19.7 Å². The predicted octanol–water partition coefficient (Wildman–Crippen LogP) is 1.92. The van der Waals surface area contributed by atoms with Crippen LogP contribution in [0.3, 0.4) is 0 Å². The molecule has 1 aromatic carbocycles. The minimum absolute atomic E-state index is 0.0660. The van der Waals surface area contributed by atoms with Crippen molar-refractivity contribution in [1.29, 1.82) is 0 Å². The van der Waals surface area contributed by atoms with Crippen molar-refractivity contribution in [2.24, 2.45) is 0 Å². The number of amides is 2. The quantitative estimate of drug-likeness (QED) is 0.513. The highest BCUT2D eigenvalue weighted by molar-refractivity contribution is 9.10. The number of nitro benzene ring substituents is 1. The molecule has 0 radical (unpaired) electrons. The molecule has 0 aromatic heterocycles. The zero-order chi connectivity index (χ0) is 14.9. The molecule has 0 spiro atoms. The molecule has 1 heterocycles. The van der Waals surface area contributed by atoms with Crippen LogP contribution < -0.4 is 5.32 Å². The first-order valence-electron chi connectivity index (χ1n) is 5.98. The molecule has 0 bridgehead atoms. The average Bonchev–Trinajstić information content (AvgIpc) is 2.66. The van der Waals surface area contributed by atoms with Gasteiger partial charge < -0.3 is 5.32 Å². The minimum atomic E-state index is -0.664. The van der Waals surface area contributed by atoms with Gasteiger partial charge in [-0.05, 0) is 35.0 Å². The van der Waals surface area contributed by atoms with Crippen molar-refractivity contribution in [3.8, 4) is 0 Å². The summed E-state index contributed by atoms with van der Waals surface area (Å²) in [7, 11) is 0. The molecule has 2 rings (SSSR count). The van der Waals surface area contributed by atoms with Crippen molar-refractivity contribution in [3.63, 3.8) is 0 Å². The van der Waals surface area contributed by atoms with Crippen LogP contribution in [-0.4, -0.2) is 34.2 Å². The van der Waals surface area contributed by atoms with Crippen LogP contribution in [0.1, 0.15) is 13.3 Å². The molecule has 0 saturated carbocycles. The van der Waals surface area contributed by atoms with Gasteiger partial charge in [0.05, 0.1) is 15.8 Å². The van der Waals surface area contributed by atoms with E-state index in [1.165, 1.54) is 17.0 Å². The number of nitrogens with zero attached hydrogens (tertiary/aromatic N) is 2. The topological polar surface area (TPSA) is 92.6 Å². The second kappa shape index (κ2) is 5.58.